The lowest BCUT2D eigenvalue weighted by Gasteiger charge is -2.15. The van der Waals surface area contributed by atoms with Gasteiger partial charge in [0.2, 0.25) is 0 Å². The van der Waals surface area contributed by atoms with Gasteiger partial charge in [-0.05, 0) is 63.2 Å². The minimum Gasteiger partial charge on any atom is -0.495 e. The molecule has 3 aromatic rings. The zero-order valence-electron chi connectivity index (χ0n) is 14.0. The summed E-state index contributed by atoms with van der Waals surface area (Å²) in [6, 6.07) is 14.8. The Bertz CT molecular complexity index is 1060. The van der Waals surface area contributed by atoms with Gasteiger partial charge in [0.05, 0.1) is 27.9 Å². The first-order valence-electron chi connectivity index (χ1n) is 7.73. The summed E-state index contributed by atoms with van der Waals surface area (Å²) in [4.78, 5) is 12.8. The van der Waals surface area contributed by atoms with E-state index in [0.717, 1.165) is 15.2 Å². The van der Waals surface area contributed by atoms with Crippen LogP contribution in [-0.4, -0.2) is 18.1 Å². The number of hydrogen-bond donors (Lipinski definition) is 2. The van der Waals surface area contributed by atoms with Gasteiger partial charge in [-0.15, -0.1) is 0 Å². The molecule has 0 saturated heterocycles. The molecule has 27 heavy (non-hydrogen) atoms. The number of thiocarbonyl (C=S) groups is 1. The molecule has 0 fully saturated rings. The van der Waals surface area contributed by atoms with Crippen molar-refractivity contribution in [3.05, 3.63) is 68.1 Å². The summed E-state index contributed by atoms with van der Waals surface area (Å²) in [6.07, 6.45) is 0. The van der Waals surface area contributed by atoms with Crippen LogP contribution in [0.15, 0.2) is 57.5 Å². The van der Waals surface area contributed by atoms with E-state index in [4.69, 9.17) is 28.6 Å². The van der Waals surface area contributed by atoms with Crippen molar-refractivity contribution in [1.82, 2.24) is 5.32 Å². The van der Waals surface area contributed by atoms with Crippen LogP contribution >= 0.6 is 55.7 Å². The Morgan fingerprint density at radius 2 is 1.89 bits per heavy atom. The van der Waals surface area contributed by atoms with E-state index in [1.165, 1.54) is 7.11 Å². The number of hydrogen-bond acceptors (Lipinski definition) is 3. The van der Waals surface area contributed by atoms with E-state index in [-0.39, 0.29) is 11.0 Å². The normalized spacial score (nSPS) is 10.5. The van der Waals surface area contributed by atoms with Crippen molar-refractivity contribution in [2.45, 2.75) is 0 Å². The first-order valence-corrected chi connectivity index (χ1v) is 10.1. The number of nitrogens with one attached hydrogen (secondary N) is 2. The molecule has 3 aromatic carbocycles. The maximum Gasteiger partial charge on any atom is 0.261 e. The van der Waals surface area contributed by atoms with E-state index in [1.54, 1.807) is 18.2 Å². The Morgan fingerprint density at radius 3 is 2.59 bits per heavy atom. The number of benzene rings is 3. The smallest absolute Gasteiger partial charge is 0.261 e. The lowest BCUT2D eigenvalue weighted by molar-refractivity contribution is 0.0975. The average molecular weight is 529 g/mol. The van der Waals surface area contributed by atoms with E-state index < -0.39 is 0 Å². The third kappa shape index (κ3) is 4.43. The van der Waals surface area contributed by atoms with Crippen LogP contribution in [0, 0.1) is 0 Å². The van der Waals surface area contributed by atoms with Gasteiger partial charge < -0.3 is 10.1 Å². The first kappa shape index (κ1) is 20.1. The summed E-state index contributed by atoms with van der Waals surface area (Å²) in [5.74, 6) is 0.0553. The molecule has 1 amide bonds. The van der Waals surface area contributed by atoms with Crippen molar-refractivity contribution in [3.63, 3.8) is 0 Å². The topological polar surface area (TPSA) is 50.4 Å². The summed E-state index contributed by atoms with van der Waals surface area (Å²) in [6.45, 7) is 0. The Hall–Kier alpha value is -1.67. The fourth-order valence-electron chi connectivity index (χ4n) is 2.57. The minimum absolute atomic E-state index is 0.135. The minimum atomic E-state index is -0.385. The van der Waals surface area contributed by atoms with E-state index in [2.05, 4.69) is 42.5 Å². The van der Waals surface area contributed by atoms with Crippen molar-refractivity contribution in [2.75, 3.05) is 12.4 Å². The van der Waals surface area contributed by atoms with Gasteiger partial charge in [-0.25, -0.2) is 0 Å². The third-order valence-electron chi connectivity index (χ3n) is 3.80. The van der Waals surface area contributed by atoms with E-state index in [1.807, 2.05) is 30.3 Å². The van der Waals surface area contributed by atoms with E-state index >= 15 is 0 Å². The predicted octanol–water partition coefficient (Wildman–Crippen LogP) is 6.15. The number of rotatable bonds is 3. The molecule has 3 rings (SSSR count). The van der Waals surface area contributed by atoms with E-state index in [0.29, 0.717) is 26.5 Å². The van der Waals surface area contributed by atoms with Crippen molar-refractivity contribution >= 4 is 83.2 Å². The monoisotopic (exact) mass is 526 g/mol. The molecular formula is C19H13Br2ClN2O2S. The van der Waals surface area contributed by atoms with Gasteiger partial charge in [0.1, 0.15) is 5.75 Å². The van der Waals surface area contributed by atoms with Gasteiger partial charge >= 0.3 is 0 Å². The first-order chi connectivity index (χ1) is 12.9. The lowest BCUT2D eigenvalue weighted by Crippen LogP contribution is -2.34. The summed E-state index contributed by atoms with van der Waals surface area (Å²) in [5, 5.41) is 8.06. The number of halogens is 3. The Kier molecular flexibility index (Phi) is 6.37. The summed E-state index contributed by atoms with van der Waals surface area (Å²) < 4.78 is 7.00. The Balaban J connectivity index is 1.86. The highest BCUT2D eigenvalue weighted by atomic mass is 79.9. The molecule has 0 aliphatic carbocycles. The van der Waals surface area contributed by atoms with Gasteiger partial charge in [-0.3, -0.25) is 10.1 Å². The second-order valence-electron chi connectivity index (χ2n) is 5.52. The molecule has 2 N–H and O–H groups in total. The standard InChI is InChI=1S/C19H13Br2ClN2O2S/c1-26-17-13(8-10-4-2-3-5-12(10)16(17)21)18(25)24-19(27)23-15-7-6-11(20)9-14(15)22/h2-9H,1H3,(H2,23,24,25,27). The molecule has 0 heterocycles. The van der Waals surface area contributed by atoms with Crippen LogP contribution in [0.25, 0.3) is 10.8 Å². The largest absolute Gasteiger partial charge is 0.495 e. The molecule has 0 atom stereocenters. The molecule has 0 radical (unpaired) electrons. The molecule has 0 aliphatic heterocycles. The van der Waals surface area contributed by atoms with Crippen molar-refractivity contribution in [1.29, 1.82) is 0 Å². The van der Waals surface area contributed by atoms with Crippen LogP contribution in [0.4, 0.5) is 5.69 Å². The quantitative estimate of drug-likeness (QED) is 0.400. The molecule has 8 heteroatoms. The predicted molar refractivity (Wildman–Crippen MR) is 121 cm³/mol. The third-order valence-corrected chi connectivity index (χ3v) is 5.59. The number of fused-ring (bicyclic) bond motifs is 1. The average Bonchev–Trinajstić information content (AvgIpc) is 2.64. The SMILES string of the molecule is COc1c(C(=O)NC(=S)Nc2ccc(Br)cc2Cl)cc2ccccc2c1Br. The Morgan fingerprint density at radius 1 is 1.15 bits per heavy atom. The zero-order chi connectivity index (χ0) is 19.6. The molecule has 138 valence electrons. The summed E-state index contributed by atoms with van der Waals surface area (Å²) >= 11 is 18.3. The number of amides is 1. The number of carbonyl (C=O) groups excluding carboxylic acids is 1. The second kappa shape index (κ2) is 8.56. The van der Waals surface area contributed by atoms with Crippen LogP contribution in [0.2, 0.25) is 5.02 Å². The summed E-state index contributed by atoms with van der Waals surface area (Å²) in [7, 11) is 1.52. The molecule has 0 bridgehead atoms. The highest BCUT2D eigenvalue weighted by Crippen LogP contribution is 2.36. The number of methoxy groups -OCH3 is 1. The highest BCUT2D eigenvalue weighted by Gasteiger charge is 2.19. The fraction of sp³-hybridized carbons (Fsp3) is 0.0526. The lowest BCUT2D eigenvalue weighted by atomic mass is 10.1. The molecule has 0 aliphatic rings. The van der Waals surface area contributed by atoms with Gasteiger partial charge in [0.15, 0.2) is 5.11 Å². The van der Waals surface area contributed by atoms with Crippen molar-refractivity contribution in [3.8, 4) is 5.75 Å². The molecule has 0 spiro atoms. The fourth-order valence-corrected chi connectivity index (χ4v) is 4.23. The van der Waals surface area contributed by atoms with Gasteiger partial charge in [0, 0.05) is 4.47 Å². The molecular weight excluding hydrogens is 516 g/mol. The van der Waals surface area contributed by atoms with Crippen LogP contribution in [-0.2, 0) is 0 Å². The van der Waals surface area contributed by atoms with Gasteiger partial charge in [-0.1, -0.05) is 51.8 Å². The van der Waals surface area contributed by atoms with Gasteiger partial charge in [-0.2, -0.15) is 0 Å². The Labute approximate surface area is 183 Å². The highest BCUT2D eigenvalue weighted by molar-refractivity contribution is 9.11. The number of carbonyl (C=O) groups is 1. The van der Waals surface area contributed by atoms with Crippen LogP contribution in [0.1, 0.15) is 10.4 Å². The van der Waals surface area contributed by atoms with Crippen molar-refractivity contribution in [2.24, 2.45) is 0 Å². The van der Waals surface area contributed by atoms with Crippen molar-refractivity contribution < 1.29 is 9.53 Å². The maximum absolute atomic E-state index is 12.8. The molecule has 0 saturated carbocycles. The van der Waals surface area contributed by atoms with Crippen LogP contribution in [0.3, 0.4) is 0 Å². The summed E-state index contributed by atoms with van der Waals surface area (Å²) in [5.41, 5.74) is 0.964. The van der Waals surface area contributed by atoms with Crippen LogP contribution < -0.4 is 15.4 Å². The molecule has 0 aromatic heterocycles. The second-order valence-corrected chi connectivity index (χ2v) is 8.05. The molecule has 4 nitrogen and oxygen atoms in total. The zero-order valence-corrected chi connectivity index (χ0v) is 18.7. The van der Waals surface area contributed by atoms with E-state index in [9.17, 15) is 4.79 Å². The maximum atomic E-state index is 12.8. The molecule has 0 unspecified atom stereocenters. The van der Waals surface area contributed by atoms with Gasteiger partial charge in [0.25, 0.3) is 5.91 Å². The van der Waals surface area contributed by atoms with Crippen LogP contribution in [0.5, 0.6) is 5.75 Å². The number of anilines is 1. The number of ether oxygens (including phenoxy) is 1.